The van der Waals surface area contributed by atoms with Gasteiger partial charge in [-0.2, -0.15) is 25.3 Å². The molecule has 19 heavy (non-hydrogen) atoms. The van der Waals surface area contributed by atoms with E-state index in [1.165, 1.54) is 0 Å². The van der Waals surface area contributed by atoms with Gasteiger partial charge in [-0.25, -0.2) is 0 Å². The van der Waals surface area contributed by atoms with Crippen LogP contribution < -0.4 is 5.32 Å². The van der Waals surface area contributed by atoms with Crippen LogP contribution in [0.2, 0.25) is 0 Å². The fraction of sp³-hybridized carbons (Fsp3) is 0.867. The average molecular weight is 305 g/mol. The standard InChI is InChI=1S/C15H32N2S2/c1-6-8-17(11-15(4,5)13-19)9-7-16-10-14(2,3)12-18/h6,16,18-19H,1,7-13H2,2-5H3. The number of rotatable bonds is 11. The molecule has 1 N–H and O–H groups in total. The van der Waals surface area contributed by atoms with Crippen LogP contribution in [0.25, 0.3) is 0 Å². The summed E-state index contributed by atoms with van der Waals surface area (Å²) in [6, 6.07) is 0. The summed E-state index contributed by atoms with van der Waals surface area (Å²) in [5.74, 6) is 1.81. The Hall–Kier alpha value is 0.360. The molecule has 0 aromatic carbocycles. The van der Waals surface area contributed by atoms with Crippen LogP contribution in [0.3, 0.4) is 0 Å². The topological polar surface area (TPSA) is 15.3 Å². The quantitative estimate of drug-likeness (QED) is 0.309. The predicted octanol–water partition coefficient (Wildman–Crippen LogP) is 2.98. The van der Waals surface area contributed by atoms with Crippen LogP contribution >= 0.6 is 25.3 Å². The first-order valence-corrected chi connectivity index (χ1v) is 8.28. The highest BCUT2D eigenvalue weighted by atomic mass is 32.1. The summed E-state index contributed by atoms with van der Waals surface area (Å²) in [6.45, 7) is 17.9. The van der Waals surface area contributed by atoms with Crippen molar-refractivity contribution in [2.45, 2.75) is 27.7 Å². The van der Waals surface area contributed by atoms with E-state index in [0.29, 0.717) is 0 Å². The van der Waals surface area contributed by atoms with E-state index in [4.69, 9.17) is 0 Å². The SMILES string of the molecule is C=CCN(CCNCC(C)(C)CS)CC(C)(C)CS. The van der Waals surface area contributed by atoms with E-state index in [2.05, 4.69) is 69.7 Å². The Balaban J connectivity index is 4.05. The van der Waals surface area contributed by atoms with Gasteiger partial charge in [0.25, 0.3) is 0 Å². The van der Waals surface area contributed by atoms with E-state index in [9.17, 15) is 0 Å². The molecular weight excluding hydrogens is 272 g/mol. The van der Waals surface area contributed by atoms with Crippen molar-refractivity contribution in [1.82, 2.24) is 10.2 Å². The molecule has 0 radical (unpaired) electrons. The molecule has 0 spiro atoms. The van der Waals surface area contributed by atoms with Gasteiger partial charge in [-0.3, -0.25) is 4.90 Å². The zero-order valence-electron chi connectivity index (χ0n) is 13.1. The van der Waals surface area contributed by atoms with E-state index in [1.54, 1.807) is 0 Å². The Morgan fingerprint density at radius 1 is 1.11 bits per heavy atom. The molecule has 0 bridgehead atoms. The number of nitrogens with one attached hydrogen (secondary N) is 1. The second-order valence-electron chi connectivity index (χ2n) is 6.85. The predicted molar refractivity (Wildman–Crippen MR) is 94.8 cm³/mol. The molecule has 0 rings (SSSR count). The molecule has 114 valence electrons. The Morgan fingerprint density at radius 3 is 2.16 bits per heavy atom. The molecular formula is C15H32N2S2. The third-order valence-electron chi connectivity index (χ3n) is 3.10. The first-order chi connectivity index (χ1) is 8.76. The molecule has 0 aliphatic heterocycles. The lowest BCUT2D eigenvalue weighted by molar-refractivity contribution is 0.210. The molecule has 0 amide bonds. The maximum absolute atomic E-state index is 4.43. The van der Waals surface area contributed by atoms with Gasteiger partial charge in [0.2, 0.25) is 0 Å². The van der Waals surface area contributed by atoms with Gasteiger partial charge >= 0.3 is 0 Å². The second kappa shape index (κ2) is 9.32. The number of hydrogen-bond donors (Lipinski definition) is 3. The fourth-order valence-electron chi connectivity index (χ4n) is 1.79. The van der Waals surface area contributed by atoms with Gasteiger partial charge in [0.15, 0.2) is 0 Å². The second-order valence-corrected chi connectivity index (χ2v) is 7.48. The molecule has 0 unspecified atom stereocenters. The zero-order chi connectivity index (χ0) is 14.9. The highest BCUT2D eigenvalue weighted by Gasteiger charge is 2.20. The van der Waals surface area contributed by atoms with Crippen molar-refractivity contribution in [2.75, 3.05) is 44.2 Å². The molecule has 0 heterocycles. The van der Waals surface area contributed by atoms with Crippen LogP contribution in [-0.4, -0.2) is 49.1 Å². The van der Waals surface area contributed by atoms with E-state index in [-0.39, 0.29) is 10.8 Å². The van der Waals surface area contributed by atoms with E-state index in [1.807, 2.05) is 6.08 Å². The van der Waals surface area contributed by atoms with E-state index in [0.717, 1.165) is 44.2 Å². The summed E-state index contributed by atoms with van der Waals surface area (Å²) >= 11 is 8.80. The van der Waals surface area contributed by atoms with Crippen molar-refractivity contribution in [1.29, 1.82) is 0 Å². The van der Waals surface area contributed by atoms with Gasteiger partial charge in [-0.1, -0.05) is 33.8 Å². The number of hydrogen-bond acceptors (Lipinski definition) is 4. The number of nitrogens with zero attached hydrogens (tertiary/aromatic N) is 1. The molecule has 0 aliphatic rings. The van der Waals surface area contributed by atoms with Crippen LogP contribution in [0.5, 0.6) is 0 Å². The highest BCUT2D eigenvalue weighted by Crippen LogP contribution is 2.18. The smallest absolute Gasteiger partial charge is 0.0161 e. The number of thiol groups is 2. The molecule has 0 aliphatic carbocycles. The minimum Gasteiger partial charge on any atom is -0.315 e. The van der Waals surface area contributed by atoms with Gasteiger partial charge < -0.3 is 5.32 Å². The maximum Gasteiger partial charge on any atom is 0.0161 e. The van der Waals surface area contributed by atoms with Crippen LogP contribution in [0.4, 0.5) is 0 Å². The molecule has 0 saturated heterocycles. The third-order valence-corrected chi connectivity index (χ3v) is 4.82. The molecule has 0 saturated carbocycles. The highest BCUT2D eigenvalue weighted by molar-refractivity contribution is 7.80. The Bertz CT molecular complexity index is 253. The molecule has 0 aromatic rings. The Labute approximate surface area is 131 Å². The van der Waals surface area contributed by atoms with Crippen molar-refractivity contribution in [3.05, 3.63) is 12.7 Å². The summed E-state index contributed by atoms with van der Waals surface area (Å²) in [4.78, 5) is 2.43. The van der Waals surface area contributed by atoms with Gasteiger partial charge in [0, 0.05) is 32.7 Å². The first kappa shape index (κ1) is 19.4. The lowest BCUT2D eigenvalue weighted by Gasteiger charge is -2.31. The molecule has 0 fully saturated rings. The lowest BCUT2D eigenvalue weighted by atomic mass is 9.95. The fourth-order valence-corrected chi connectivity index (χ4v) is 2.00. The average Bonchev–Trinajstić information content (AvgIpc) is 2.34. The summed E-state index contributed by atoms with van der Waals surface area (Å²) in [6.07, 6.45) is 1.98. The summed E-state index contributed by atoms with van der Waals surface area (Å²) < 4.78 is 0. The zero-order valence-corrected chi connectivity index (χ0v) is 14.9. The van der Waals surface area contributed by atoms with Crippen molar-refractivity contribution in [2.24, 2.45) is 10.8 Å². The summed E-state index contributed by atoms with van der Waals surface area (Å²) in [5.41, 5.74) is 0.507. The molecule has 0 atom stereocenters. The van der Waals surface area contributed by atoms with Crippen molar-refractivity contribution in [3.63, 3.8) is 0 Å². The maximum atomic E-state index is 4.43. The van der Waals surface area contributed by atoms with Crippen LogP contribution in [0.1, 0.15) is 27.7 Å². The molecule has 0 aromatic heterocycles. The van der Waals surface area contributed by atoms with Gasteiger partial charge in [-0.05, 0) is 22.3 Å². The van der Waals surface area contributed by atoms with E-state index < -0.39 is 0 Å². The largest absolute Gasteiger partial charge is 0.315 e. The van der Waals surface area contributed by atoms with Crippen LogP contribution in [-0.2, 0) is 0 Å². The van der Waals surface area contributed by atoms with Gasteiger partial charge in [0.05, 0.1) is 0 Å². The Kier molecular flexibility index (Phi) is 9.50. The monoisotopic (exact) mass is 304 g/mol. The van der Waals surface area contributed by atoms with Crippen molar-refractivity contribution in [3.8, 4) is 0 Å². The van der Waals surface area contributed by atoms with Crippen molar-refractivity contribution >= 4 is 25.3 Å². The van der Waals surface area contributed by atoms with Gasteiger partial charge in [-0.15, -0.1) is 6.58 Å². The minimum atomic E-state index is 0.247. The van der Waals surface area contributed by atoms with Crippen LogP contribution in [0.15, 0.2) is 12.7 Å². The molecule has 4 heteroatoms. The first-order valence-electron chi connectivity index (χ1n) is 7.02. The summed E-state index contributed by atoms with van der Waals surface area (Å²) in [7, 11) is 0. The minimum absolute atomic E-state index is 0.247. The molecule has 2 nitrogen and oxygen atoms in total. The Morgan fingerprint density at radius 2 is 1.68 bits per heavy atom. The van der Waals surface area contributed by atoms with Crippen molar-refractivity contribution < 1.29 is 0 Å². The van der Waals surface area contributed by atoms with Crippen LogP contribution in [0, 0.1) is 10.8 Å². The lowest BCUT2D eigenvalue weighted by Crippen LogP contribution is -2.41. The van der Waals surface area contributed by atoms with E-state index >= 15 is 0 Å². The van der Waals surface area contributed by atoms with Gasteiger partial charge in [0.1, 0.15) is 0 Å². The summed E-state index contributed by atoms with van der Waals surface area (Å²) in [5, 5.41) is 3.53. The third kappa shape index (κ3) is 9.83. The normalized spacial score (nSPS) is 13.0.